The molecule has 2 aromatic heterocycles. The van der Waals surface area contributed by atoms with Crippen molar-refractivity contribution in [1.29, 1.82) is 0 Å². The first-order chi connectivity index (χ1) is 16.4. The number of aromatic nitrogens is 3. The fourth-order valence-electron chi connectivity index (χ4n) is 3.90. The third kappa shape index (κ3) is 5.45. The zero-order valence-electron chi connectivity index (χ0n) is 18.8. The minimum absolute atomic E-state index is 0.0640. The van der Waals surface area contributed by atoms with Gasteiger partial charge in [0.25, 0.3) is 5.91 Å². The Hall–Kier alpha value is -4.08. The molecule has 3 amide bonds. The second-order valence-electron chi connectivity index (χ2n) is 8.03. The molecule has 176 valence electrons. The highest BCUT2D eigenvalue weighted by Gasteiger charge is 2.29. The molecular weight excluding hydrogens is 439 g/mol. The molecule has 0 saturated heterocycles. The summed E-state index contributed by atoms with van der Waals surface area (Å²) in [5, 5.41) is 9.75. The maximum absolute atomic E-state index is 13.5. The van der Waals surface area contributed by atoms with Gasteiger partial charge in [0.05, 0.1) is 12.2 Å². The van der Waals surface area contributed by atoms with E-state index in [0.717, 1.165) is 11.4 Å². The van der Waals surface area contributed by atoms with Crippen molar-refractivity contribution < 1.29 is 18.8 Å². The van der Waals surface area contributed by atoms with Crippen LogP contribution in [0.25, 0.3) is 0 Å². The van der Waals surface area contributed by atoms with Crippen LogP contribution < -0.4 is 10.6 Å². The maximum Gasteiger partial charge on any atom is 0.276 e. The van der Waals surface area contributed by atoms with Gasteiger partial charge in [0.15, 0.2) is 5.69 Å². The second kappa shape index (κ2) is 10.2. The van der Waals surface area contributed by atoms with E-state index in [9.17, 15) is 18.8 Å². The number of halogens is 1. The number of carbonyl (C=O) groups is 3. The van der Waals surface area contributed by atoms with Crippen molar-refractivity contribution >= 4 is 23.4 Å². The molecule has 1 aliphatic heterocycles. The Morgan fingerprint density at radius 1 is 1.12 bits per heavy atom. The van der Waals surface area contributed by atoms with Gasteiger partial charge in [-0.3, -0.25) is 24.0 Å². The smallest absolute Gasteiger partial charge is 0.276 e. The van der Waals surface area contributed by atoms with Crippen LogP contribution in [0.3, 0.4) is 0 Å². The molecule has 3 aromatic rings. The number of pyridine rings is 1. The Labute approximate surface area is 196 Å². The largest absolute Gasteiger partial charge is 0.350 e. The number of nitrogens with one attached hydrogen (secondary N) is 2. The SMILES string of the molecule is Cn1nc(C(=O)Nc2cccc(F)c2)c2c1CCN(C(=O)CCC(=O)NCc1ccccn1)C2. The number of fused-ring (bicyclic) bond motifs is 1. The van der Waals surface area contributed by atoms with Crippen molar-refractivity contribution in [2.24, 2.45) is 7.05 Å². The summed E-state index contributed by atoms with van der Waals surface area (Å²) in [6, 6.07) is 11.1. The third-order valence-electron chi connectivity index (χ3n) is 5.65. The van der Waals surface area contributed by atoms with Crippen LogP contribution in [0.2, 0.25) is 0 Å². The summed E-state index contributed by atoms with van der Waals surface area (Å²) in [6.45, 7) is 1.01. The minimum atomic E-state index is -0.467. The topological polar surface area (TPSA) is 109 Å². The lowest BCUT2D eigenvalue weighted by atomic mass is 10.0. The number of amides is 3. The summed E-state index contributed by atoms with van der Waals surface area (Å²) in [4.78, 5) is 43.5. The molecule has 0 atom stereocenters. The number of rotatable bonds is 7. The van der Waals surface area contributed by atoms with Gasteiger partial charge in [-0.05, 0) is 30.3 Å². The Morgan fingerprint density at radius 3 is 2.74 bits per heavy atom. The maximum atomic E-state index is 13.5. The zero-order chi connectivity index (χ0) is 24.1. The fourth-order valence-corrected chi connectivity index (χ4v) is 3.90. The molecule has 1 aromatic carbocycles. The molecule has 0 fully saturated rings. The lowest BCUT2D eigenvalue weighted by molar-refractivity contribution is -0.134. The molecule has 0 saturated carbocycles. The van der Waals surface area contributed by atoms with Gasteiger partial charge in [-0.25, -0.2) is 4.39 Å². The number of benzene rings is 1. The summed E-state index contributed by atoms with van der Waals surface area (Å²) in [5.74, 6) is -1.32. The lowest BCUT2D eigenvalue weighted by Gasteiger charge is -2.27. The van der Waals surface area contributed by atoms with Gasteiger partial charge in [-0.2, -0.15) is 5.10 Å². The minimum Gasteiger partial charge on any atom is -0.350 e. The quantitative estimate of drug-likeness (QED) is 0.557. The van der Waals surface area contributed by atoms with E-state index in [4.69, 9.17) is 0 Å². The summed E-state index contributed by atoms with van der Waals surface area (Å²) in [5.41, 5.74) is 2.81. The van der Waals surface area contributed by atoms with Gasteiger partial charge in [-0.1, -0.05) is 12.1 Å². The Bertz CT molecular complexity index is 1210. The molecule has 0 radical (unpaired) electrons. The Morgan fingerprint density at radius 2 is 1.97 bits per heavy atom. The van der Waals surface area contributed by atoms with Gasteiger partial charge >= 0.3 is 0 Å². The van der Waals surface area contributed by atoms with E-state index in [-0.39, 0.29) is 36.9 Å². The number of nitrogens with zero attached hydrogens (tertiary/aromatic N) is 4. The van der Waals surface area contributed by atoms with E-state index in [1.54, 1.807) is 35.0 Å². The number of aryl methyl sites for hydroxylation is 1. The van der Waals surface area contributed by atoms with Crippen molar-refractivity contribution in [3.63, 3.8) is 0 Å². The first kappa shape index (κ1) is 23.1. The molecule has 2 N–H and O–H groups in total. The molecule has 1 aliphatic rings. The summed E-state index contributed by atoms with van der Waals surface area (Å²) in [7, 11) is 1.75. The van der Waals surface area contributed by atoms with Crippen molar-refractivity contribution in [2.75, 3.05) is 11.9 Å². The second-order valence-corrected chi connectivity index (χ2v) is 8.03. The van der Waals surface area contributed by atoms with Crippen LogP contribution >= 0.6 is 0 Å². The molecule has 9 nitrogen and oxygen atoms in total. The summed E-state index contributed by atoms with van der Waals surface area (Å²) in [6.07, 6.45) is 2.33. The van der Waals surface area contributed by atoms with Crippen molar-refractivity contribution in [2.45, 2.75) is 32.4 Å². The molecule has 4 rings (SSSR count). The molecule has 34 heavy (non-hydrogen) atoms. The van der Waals surface area contributed by atoms with Crippen LogP contribution in [-0.2, 0) is 36.1 Å². The average molecular weight is 465 g/mol. The van der Waals surface area contributed by atoms with E-state index < -0.39 is 11.7 Å². The van der Waals surface area contributed by atoms with Crippen LogP contribution in [0.1, 0.15) is 40.3 Å². The number of hydrogen-bond acceptors (Lipinski definition) is 5. The molecule has 0 aliphatic carbocycles. The van der Waals surface area contributed by atoms with Crippen LogP contribution in [0, 0.1) is 5.82 Å². The van der Waals surface area contributed by atoms with Crippen LogP contribution in [-0.4, -0.2) is 43.9 Å². The Kier molecular flexibility index (Phi) is 6.95. The van der Waals surface area contributed by atoms with Crippen LogP contribution in [0.4, 0.5) is 10.1 Å². The van der Waals surface area contributed by atoms with E-state index in [1.807, 2.05) is 12.1 Å². The van der Waals surface area contributed by atoms with Crippen LogP contribution in [0.15, 0.2) is 48.7 Å². The molecule has 10 heteroatoms. The lowest BCUT2D eigenvalue weighted by Crippen LogP contribution is -2.37. The number of anilines is 1. The van der Waals surface area contributed by atoms with Crippen LogP contribution in [0.5, 0.6) is 0 Å². The van der Waals surface area contributed by atoms with Gasteiger partial charge < -0.3 is 15.5 Å². The van der Waals surface area contributed by atoms with Crippen molar-refractivity contribution in [1.82, 2.24) is 25.0 Å². The van der Waals surface area contributed by atoms with Crippen molar-refractivity contribution in [3.8, 4) is 0 Å². The van der Waals surface area contributed by atoms with E-state index in [0.29, 0.717) is 30.8 Å². The zero-order valence-corrected chi connectivity index (χ0v) is 18.8. The highest BCUT2D eigenvalue weighted by atomic mass is 19.1. The molecule has 0 unspecified atom stereocenters. The molecule has 0 bridgehead atoms. The van der Waals surface area contributed by atoms with Gasteiger partial charge in [-0.15, -0.1) is 0 Å². The van der Waals surface area contributed by atoms with E-state index in [1.165, 1.54) is 18.2 Å². The average Bonchev–Trinajstić information content (AvgIpc) is 3.18. The monoisotopic (exact) mass is 464 g/mol. The predicted octanol–water partition coefficient (Wildman–Crippen LogP) is 2.19. The Balaban J connectivity index is 1.35. The third-order valence-corrected chi connectivity index (χ3v) is 5.65. The fraction of sp³-hybridized carbons (Fsp3) is 0.292. The van der Waals surface area contributed by atoms with Gasteiger partial charge in [0.1, 0.15) is 5.82 Å². The summed E-state index contributed by atoms with van der Waals surface area (Å²) >= 11 is 0. The van der Waals surface area contributed by atoms with Gasteiger partial charge in [0.2, 0.25) is 11.8 Å². The summed E-state index contributed by atoms with van der Waals surface area (Å²) < 4.78 is 15.1. The first-order valence-corrected chi connectivity index (χ1v) is 11.0. The molecular formula is C24H25FN6O3. The highest BCUT2D eigenvalue weighted by molar-refractivity contribution is 6.04. The van der Waals surface area contributed by atoms with E-state index in [2.05, 4.69) is 20.7 Å². The number of hydrogen-bond donors (Lipinski definition) is 2. The highest BCUT2D eigenvalue weighted by Crippen LogP contribution is 2.24. The molecule has 0 spiro atoms. The molecule has 3 heterocycles. The predicted molar refractivity (Wildman–Crippen MR) is 122 cm³/mol. The standard InChI is InChI=1S/C24H25FN6O3/c1-30-20-10-12-31(22(33)9-8-21(32)27-14-18-6-2-3-11-26-18)15-19(20)23(29-30)24(34)28-17-7-4-5-16(25)13-17/h2-7,11,13H,8-10,12,14-15H2,1H3,(H,27,32)(H,28,34). The van der Waals surface area contributed by atoms with E-state index >= 15 is 0 Å². The normalized spacial score (nSPS) is 12.7. The first-order valence-electron chi connectivity index (χ1n) is 11.0. The number of carbonyl (C=O) groups excluding carboxylic acids is 3. The van der Waals surface area contributed by atoms with Crippen molar-refractivity contribution in [3.05, 3.63) is 77.1 Å². The van der Waals surface area contributed by atoms with Gasteiger partial charge in [0, 0.05) is 62.5 Å².